The first kappa shape index (κ1) is 15.5. The van der Waals surface area contributed by atoms with E-state index in [1.54, 1.807) is 0 Å². The van der Waals surface area contributed by atoms with Gasteiger partial charge in [-0.3, -0.25) is 4.99 Å². The standard InChI is InChI=1S/C13H25N5O/c1-5-7-10-18(4)13(14-6-2)15-9-8-12-16-11(3)17-19-12/h5-10H2,1-4H3,(H,14,15). The average Bonchev–Trinajstić information content (AvgIpc) is 2.80. The van der Waals surface area contributed by atoms with Crippen LogP contribution in [0, 0.1) is 6.92 Å². The van der Waals surface area contributed by atoms with Gasteiger partial charge in [-0.05, 0) is 20.3 Å². The molecule has 0 unspecified atom stereocenters. The number of nitrogens with zero attached hydrogens (tertiary/aromatic N) is 4. The van der Waals surface area contributed by atoms with Crippen LogP contribution in [0.4, 0.5) is 0 Å². The molecule has 0 aliphatic rings. The molecule has 1 aromatic rings. The number of hydrogen-bond donors (Lipinski definition) is 1. The Bertz CT molecular complexity index is 388. The van der Waals surface area contributed by atoms with Gasteiger partial charge in [0.1, 0.15) is 0 Å². The van der Waals surface area contributed by atoms with Crippen molar-refractivity contribution in [2.75, 3.05) is 26.7 Å². The molecule has 0 saturated carbocycles. The molecule has 0 aliphatic carbocycles. The highest BCUT2D eigenvalue weighted by molar-refractivity contribution is 5.79. The molecule has 6 heteroatoms. The zero-order valence-corrected chi connectivity index (χ0v) is 12.4. The van der Waals surface area contributed by atoms with Crippen molar-refractivity contribution in [3.8, 4) is 0 Å². The molecule has 0 aromatic carbocycles. The van der Waals surface area contributed by atoms with Gasteiger partial charge >= 0.3 is 0 Å². The van der Waals surface area contributed by atoms with Crippen LogP contribution in [0.5, 0.6) is 0 Å². The van der Waals surface area contributed by atoms with Crippen LogP contribution in [-0.4, -0.2) is 47.7 Å². The van der Waals surface area contributed by atoms with Crippen molar-refractivity contribution in [2.45, 2.75) is 40.0 Å². The Labute approximate surface area is 115 Å². The van der Waals surface area contributed by atoms with E-state index in [2.05, 4.69) is 46.2 Å². The van der Waals surface area contributed by atoms with Gasteiger partial charge in [-0.25, -0.2) is 0 Å². The first-order valence-electron chi connectivity index (χ1n) is 6.96. The Balaban J connectivity index is 2.47. The summed E-state index contributed by atoms with van der Waals surface area (Å²) in [5.74, 6) is 2.26. The summed E-state index contributed by atoms with van der Waals surface area (Å²) in [5.41, 5.74) is 0. The van der Waals surface area contributed by atoms with Crippen molar-refractivity contribution in [1.82, 2.24) is 20.4 Å². The van der Waals surface area contributed by atoms with Crippen LogP contribution in [0.15, 0.2) is 9.52 Å². The van der Waals surface area contributed by atoms with E-state index in [1.165, 1.54) is 12.8 Å². The second-order valence-electron chi connectivity index (χ2n) is 4.50. The molecule has 0 fully saturated rings. The van der Waals surface area contributed by atoms with Gasteiger partial charge in [-0.1, -0.05) is 18.5 Å². The molecule has 0 bridgehead atoms. The highest BCUT2D eigenvalue weighted by Crippen LogP contribution is 1.98. The van der Waals surface area contributed by atoms with Crippen molar-refractivity contribution in [3.63, 3.8) is 0 Å². The predicted octanol–water partition coefficient (Wildman–Crippen LogP) is 1.62. The quantitative estimate of drug-likeness (QED) is 0.600. The van der Waals surface area contributed by atoms with Crippen molar-refractivity contribution in [1.29, 1.82) is 0 Å². The summed E-state index contributed by atoms with van der Waals surface area (Å²) in [6.45, 7) is 8.62. The summed E-state index contributed by atoms with van der Waals surface area (Å²) in [5, 5.41) is 7.06. The maximum Gasteiger partial charge on any atom is 0.228 e. The van der Waals surface area contributed by atoms with E-state index in [0.717, 1.165) is 19.0 Å². The maximum absolute atomic E-state index is 5.07. The number of guanidine groups is 1. The van der Waals surface area contributed by atoms with E-state index in [9.17, 15) is 0 Å². The summed E-state index contributed by atoms with van der Waals surface area (Å²) in [6.07, 6.45) is 3.03. The molecule has 108 valence electrons. The SMILES string of the molecule is CCCCN(C)C(=NCCc1nc(C)no1)NCC. The lowest BCUT2D eigenvalue weighted by atomic mass is 10.3. The molecular weight excluding hydrogens is 242 g/mol. The molecule has 6 nitrogen and oxygen atoms in total. The number of unbranched alkanes of at least 4 members (excludes halogenated alkanes) is 1. The average molecular weight is 267 g/mol. The minimum absolute atomic E-state index is 0.647. The minimum Gasteiger partial charge on any atom is -0.357 e. The molecule has 19 heavy (non-hydrogen) atoms. The van der Waals surface area contributed by atoms with Crippen LogP contribution in [-0.2, 0) is 6.42 Å². The molecular formula is C13H25N5O. The van der Waals surface area contributed by atoms with Crippen molar-refractivity contribution in [2.24, 2.45) is 4.99 Å². The fourth-order valence-corrected chi connectivity index (χ4v) is 1.67. The molecule has 0 spiro atoms. The van der Waals surface area contributed by atoms with Gasteiger partial charge in [0, 0.05) is 26.6 Å². The van der Waals surface area contributed by atoms with Crippen molar-refractivity contribution >= 4 is 5.96 Å². The van der Waals surface area contributed by atoms with Gasteiger partial charge in [0.15, 0.2) is 11.8 Å². The molecule has 0 saturated heterocycles. The zero-order valence-electron chi connectivity index (χ0n) is 12.4. The van der Waals surface area contributed by atoms with E-state index in [1.807, 2.05) is 6.92 Å². The normalized spacial score (nSPS) is 11.7. The van der Waals surface area contributed by atoms with Gasteiger partial charge in [0.25, 0.3) is 0 Å². The van der Waals surface area contributed by atoms with Crippen LogP contribution in [0.1, 0.15) is 38.4 Å². The fraction of sp³-hybridized carbons (Fsp3) is 0.769. The fourth-order valence-electron chi connectivity index (χ4n) is 1.67. The predicted molar refractivity (Wildman–Crippen MR) is 76.3 cm³/mol. The number of aromatic nitrogens is 2. The second-order valence-corrected chi connectivity index (χ2v) is 4.50. The number of aliphatic imine (C=N–C) groups is 1. The van der Waals surface area contributed by atoms with Crippen LogP contribution in [0.2, 0.25) is 0 Å². The van der Waals surface area contributed by atoms with Crippen LogP contribution in [0.3, 0.4) is 0 Å². The Morgan fingerprint density at radius 3 is 2.79 bits per heavy atom. The van der Waals surface area contributed by atoms with E-state index < -0.39 is 0 Å². The Morgan fingerprint density at radius 1 is 1.42 bits per heavy atom. The minimum atomic E-state index is 0.647. The lowest BCUT2D eigenvalue weighted by Gasteiger charge is -2.21. The molecule has 0 aliphatic heterocycles. The van der Waals surface area contributed by atoms with E-state index >= 15 is 0 Å². The number of nitrogens with one attached hydrogen (secondary N) is 1. The third kappa shape index (κ3) is 5.72. The topological polar surface area (TPSA) is 66.5 Å². The zero-order chi connectivity index (χ0) is 14.1. The molecule has 1 heterocycles. The highest BCUT2D eigenvalue weighted by Gasteiger charge is 2.06. The largest absolute Gasteiger partial charge is 0.357 e. The molecule has 0 radical (unpaired) electrons. The van der Waals surface area contributed by atoms with Gasteiger partial charge < -0.3 is 14.7 Å². The summed E-state index contributed by atoms with van der Waals surface area (Å²) in [7, 11) is 2.06. The van der Waals surface area contributed by atoms with Crippen LogP contribution in [0.25, 0.3) is 0 Å². The number of hydrogen-bond acceptors (Lipinski definition) is 4. The van der Waals surface area contributed by atoms with Crippen LogP contribution < -0.4 is 5.32 Å². The Kier molecular flexibility index (Phi) is 6.92. The van der Waals surface area contributed by atoms with Crippen LogP contribution >= 0.6 is 0 Å². The molecule has 0 atom stereocenters. The summed E-state index contributed by atoms with van der Waals surface area (Å²) >= 11 is 0. The molecule has 0 amide bonds. The van der Waals surface area contributed by atoms with Crippen molar-refractivity contribution < 1.29 is 4.52 Å². The van der Waals surface area contributed by atoms with Gasteiger partial charge in [0.2, 0.25) is 5.89 Å². The van der Waals surface area contributed by atoms with Gasteiger partial charge in [-0.2, -0.15) is 4.98 Å². The second kappa shape index (κ2) is 8.50. The Hall–Kier alpha value is -1.59. The highest BCUT2D eigenvalue weighted by atomic mass is 16.5. The monoisotopic (exact) mass is 267 g/mol. The lowest BCUT2D eigenvalue weighted by Crippen LogP contribution is -2.39. The first-order valence-corrected chi connectivity index (χ1v) is 6.96. The third-order valence-electron chi connectivity index (χ3n) is 2.70. The number of aryl methyl sites for hydroxylation is 1. The lowest BCUT2D eigenvalue weighted by molar-refractivity contribution is 0.375. The maximum atomic E-state index is 5.07. The summed E-state index contributed by atoms with van der Waals surface area (Å²) in [6, 6.07) is 0. The van der Waals surface area contributed by atoms with Gasteiger partial charge in [-0.15, -0.1) is 0 Å². The molecule has 1 N–H and O–H groups in total. The first-order chi connectivity index (χ1) is 9.17. The number of rotatable bonds is 7. The molecule has 1 aromatic heterocycles. The Morgan fingerprint density at radius 2 is 2.21 bits per heavy atom. The smallest absolute Gasteiger partial charge is 0.228 e. The molecule has 1 rings (SSSR count). The van der Waals surface area contributed by atoms with Crippen molar-refractivity contribution in [3.05, 3.63) is 11.7 Å². The van der Waals surface area contributed by atoms with E-state index in [4.69, 9.17) is 4.52 Å². The third-order valence-corrected chi connectivity index (χ3v) is 2.70. The van der Waals surface area contributed by atoms with E-state index in [-0.39, 0.29) is 0 Å². The summed E-state index contributed by atoms with van der Waals surface area (Å²) in [4.78, 5) is 10.9. The van der Waals surface area contributed by atoms with Gasteiger partial charge in [0.05, 0.1) is 6.54 Å². The summed E-state index contributed by atoms with van der Waals surface area (Å²) < 4.78 is 5.07. The van der Waals surface area contributed by atoms with E-state index in [0.29, 0.717) is 24.7 Å².